The highest BCUT2D eigenvalue weighted by Gasteiger charge is 2.29. The number of nitrogens with zero attached hydrogens (tertiary/aromatic N) is 2. The van der Waals surface area contributed by atoms with Crippen LogP contribution in [0.5, 0.6) is 0 Å². The van der Waals surface area contributed by atoms with E-state index in [0.717, 1.165) is 24.8 Å². The van der Waals surface area contributed by atoms with Gasteiger partial charge in [-0.25, -0.2) is 0 Å². The zero-order chi connectivity index (χ0) is 13.8. The molecule has 2 N–H and O–H groups in total. The third kappa shape index (κ3) is 3.59. The van der Waals surface area contributed by atoms with Crippen molar-refractivity contribution >= 4 is 0 Å². The predicted molar refractivity (Wildman–Crippen MR) is 80.0 cm³/mol. The largest absolute Gasteiger partial charge is 0.330 e. The van der Waals surface area contributed by atoms with Gasteiger partial charge in [-0.2, -0.15) is 5.10 Å². The predicted octanol–water partition coefficient (Wildman–Crippen LogP) is 3.41. The van der Waals surface area contributed by atoms with E-state index < -0.39 is 0 Å². The molecule has 1 fully saturated rings. The topological polar surface area (TPSA) is 43.8 Å². The van der Waals surface area contributed by atoms with Crippen LogP contribution in [0.2, 0.25) is 0 Å². The SMILES string of the molecule is CCC1CCC(CN)C(Cc2ccn(C(C)C)n2)C1. The first kappa shape index (κ1) is 14.6. The second-order valence-corrected chi connectivity index (χ2v) is 6.43. The Hall–Kier alpha value is -0.830. The molecule has 3 nitrogen and oxygen atoms in total. The molecule has 0 amide bonds. The minimum Gasteiger partial charge on any atom is -0.330 e. The van der Waals surface area contributed by atoms with E-state index in [1.54, 1.807) is 0 Å². The lowest BCUT2D eigenvalue weighted by molar-refractivity contribution is 0.178. The maximum Gasteiger partial charge on any atom is 0.0627 e. The van der Waals surface area contributed by atoms with Crippen LogP contribution >= 0.6 is 0 Å². The Kier molecular flexibility index (Phi) is 5.03. The molecule has 0 aliphatic heterocycles. The summed E-state index contributed by atoms with van der Waals surface area (Å²) in [6.07, 6.45) is 8.55. The van der Waals surface area contributed by atoms with Crippen LogP contribution in [0, 0.1) is 17.8 Å². The zero-order valence-electron chi connectivity index (χ0n) is 12.7. The van der Waals surface area contributed by atoms with Crippen molar-refractivity contribution in [1.29, 1.82) is 0 Å². The molecule has 3 heteroatoms. The van der Waals surface area contributed by atoms with Gasteiger partial charge in [-0.1, -0.05) is 19.8 Å². The lowest BCUT2D eigenvalue weighted by atomic mass is 9.71. The van der Waals surface area contributed by atoms with Crippen LogP contribution in [-0.4, -0.2) is 16.3 Å². The first-order valence-electron chi connectivity index (χ1n) is 7.88. The monoisotopic (exact) mass is 263 g/mol. The summed E-state index contributed by atoms with van der Waals surface area (Å²) < 4.78 is 2.06. The first-order valence-corrected chi connectivity index (χ1v) is 7.88. The molecular formula is C16H29N3. The maximum absolute atomic E-state index is 5.96. The van der Waals surface area contributed by atoms with Crippen molar-refractivity contribution < 1.29 is 0 Å². The highest BCUT2D eigenvalue weighted by atomic mass is 15.3. The summed E-state index contributed by atoms with van der Waals surface area (Å²) in [5.41, 5.74) is 7.21. The molecule has 1 aliphatic rings. The van der Waals surface area contributed by atoms with Gasteiger partial charge in [0.1, 0.15) is 0 Å². The summed E-state index contributed by atoms with van der Waals surface area (Å²) in [4.78, 5) is 0. The summed E-state index contributed by atoms with van der Waals surface area (Å²) in [6.45, 7) is 7.50. The average molecular weight is 263 g/mol. The van der Waals surface area contributed by atoms with Gasteiger partial charge in [0.25, 0.3) is 0 Å². The van der Waals surface area contributed by atoms with Gasteiger partial charge in [0.2, 0.25) is 0 Å². The number of rotatable bonds is 5. The molecule has 0 saturated heterocycles. The lowest BCUT2D eigenvalue weighted by Crippen LogP contribution is -2.31. The second kappa shape index (κ2) is 6.56. The molecule has 0 bridgehead atoms. The quantitative estimate of drug-likeness (QED) is 0.884. The minimum absolute atomic E-state index is 0.453. The highest BCUT2D eigenvalue weighted by Crippen LogP contribution is 2.36. The lowest BCUT2D eigenvalue weighted by Gasteiger charge is -2.35. The van der Waals surface area contributed by atoms with Crippen molar-refractivity contribution in [3.05, 3.63) is 18.0 Å². The van der Waals surface area contributed by atoms with Crippen molar-refractivity contribution in [3.63, 3.8) is 0 Å². The van der Waals surface area contributed by atoms with Crippen LogP contribution < -0.4 is 5.73 Å². The fraction of sp³-hybridized carbons (Fsp3) is 0.812. The van der Waals surface area contributed by atoms with E-state index in [9.17, 15) is 0 Å². The molecular weight excluding hydrogens is 234 g/mol. The summed E-state index contributed by atoms with van der Waals surface area (Å²) in [6, 6.07) is 2.64. The summed E-state index contributed by atoms with van der Waals surface area (Å²) in [5, 5.41) is 4.70. The molecule has 1 aromatic rings. The van der Waals surface area contributed by atoms with E-state index >= 15 is 0 Å². The molecule has 0 aromatic carbocycles. The normalized spacial score (nSPS) is 27.9. The number of hydrogen-bond acceptors (Lipinski definition) is 2. The van der Waals surface area contributed by atoms with Crippen molar-refractivity contribution in [2.75, 3.05) is 6.54 Å². The van der Waals surface area contributed by atoms with Gasteiger partial charge in [-0.3, -0.25) is 4.68 Å². The molecule has 1 saturated carbocycles. The first-order chi connectivity index (χ1) is 9.13. The van der Waals surface area contributed by atoms with Crippen LogP contribution in [0.3, 0.4) is 0 Å². The molecule has 1 aromatic heterocycles. The Bertz CT molecular complexity index is 383. The minimum atomic E-state index is 0.453. The van der Waals surface area contributed by atoms with Gasteiger partial charge in [0, 0.05) is 12.2 Å². The molecule has 1 heterocycles. The van der Waals surface area contributed by atoms with Crippen molar-refractivity contribution in [1.82, 2.24) is 9.78 Å². The highest BCUT2D eigenvalue weighted by molar-refractivity contribution is 5.02. The molecule has 3 atom stereocenters. The second-order valence-electron chi connectivity index (χ2n) is 6.43. The van der Waals surface area contributed by atoms with Crippen LogP contribution in [0.25, 0.3) is 0 Å². The van der Waals surface area contributed by atoms with Crippen LogP contribution in [0.1, 0.15) is 58.2 Å². The Morgan fingerprint density at radius 3 is 2.74 bits per heavy atom. The van der Waals surface area contributed by atoms with Crippen LogP contribution in [0.15, 0.2) is 12.3 Å². The molecule has 0 radical (unpaired) electrons. The van der Waals surface area contributed by atoms with Gasteiger partial charge in [0.05, 0.1) is 5.69 Å². The van der Waals surface area contributed by atoms with Crippen LogP contribution in [0.4, 0.5) is 0 Å². The number of hydrogen-bond donors (Lipinski definition) is 1. The van der Waals surface area contributed by atoms with E-state index in [2.05, 4.69) is 37.7 Å². The smallest absolute Gasteiger partial charge is 0.0627 e. The van der Waals surface area contributed by atoms with Crippen molar-refractivity contribution in [3.8, 4) is 0 Å². The Morgan fingerprint density at radius 2 is 2.16 bits per heavy atom. The Balaban J connectivity index is 2.01. The Morgan fingerprint density at radius 1 is 1.37 bits per heavy atom. The molecule has 0 spiro atoms. The van der Waals surface area contributed by atoms with Crippen LogP contribution in [-0.2, 0) is 6.42 Å². The molecule has 3 unspecified atom stereocenters. The van der Waals surface area contributed by atoms with Gasteiger partial charge in [-0.15, -0.1) is 0 Å². The number of nitrogens with two attached hydrogens (primary N) is 1. The molecule has 19 heavy (non-hydrogen) atoms. The van der Waals surface area contributed by atoms with E-state index in [1.807, 2.05) is 0 Å². The number of aromatic nitrogens is 2. The maximum atomic E-state index is 5.96. The van der Waals surface area contributed by atoms with Crippen molar-refractivity contribution in [2.24, 2.45) is 23.5 Å². The van der Waals surface area contributed by atoms with Crippen molar-refractivity contribution in [2.45, 2.75) is 58.9 Å². The third-order valence-electron chi connectivity index (χ3n) is 4.79. The fourth-order valence-electron chi connectivity index (χ4n) is 3.40. The van der Waals surface area contributed by atoms with E-state index in [0.29, 0.717) is 12.0 Å². The van der Waals surface area contributed by atoms with Gasteiger partial charge < -0.3 is 5.73 Å². The fourth-order valence-corrected chi connectivity index (χ4v) is 3.40. The zero-order valence-corrected chi connectivity index (χ0v) is 12.7. The molecule has 1 aliphatic carbocycles. The third-order valence-corrected chi connectivity index (χ3v) is 4.79. The van der Waals surface area contributed by atoms with E-state index in [1.165, 1.54) is 31.4 Å². The van der Waals surface area contributed by atoms with Gasteiger partial charge >= 0.3 is 0 Å². The summed E-state index contributed by atoms with van der Waals surface area (Å²) >= 11 is 0. The van der Waals surface area contributed by atoms with E-state index in [4.69, 9.17) is 10.8 Å². The summed E-state index contributed by atoms with van der Waals surface area (Å²) in [7, 11) is 0. The average Bonchev–Trinajstić information content (AvgIpc) is 2.87. The summed E-state index contributed by atoms with van der Waals surface area (Å²) in [5.74, 6) is 2.34. The Labute approximate surface area is 117 Å². The van der Waals surface area contributed by atoms with Gasteiger partial charge in [-0.05, 0) is 63.5 Å². The van der Waals surface area contributed by atoms with E-state index in [-0.39, 0.29) is 0 Å². The van der Waals surface area contributed by atoms with Gasteiger partial charge in [0.15, 0.2) is 0 Å². The molecule has 108 valence electrons. The molecule has 2 rings (SSSR count). The standard InChI is InChI=1S/C16H29N3/c1-4-13-5-6-14(11-17)15(9-13)10-16-7-8-19(18-16)12(2)3/h7-8,12-15H,4-6,9-11,17H2,1-3H3.